The van der Waals surface area contributed by atoms with Gasteiger partial charge in [-0.25, -0.2) is 9.37 Å². The number of fused-ring (bicyclic) bond motifs is 1. The first-order valence-electron chi connectivity index (χ1n) is 5.66. The van der Waals surface area contributed by atoms with Crippen LogP contribution in [0.15, 0.2) is 18.2 Å². The molecule has 0 fully saturated rings. The Morgan fingerprint density at radius 3 is 3.06 bits per heavy atom. The van der Waals surface area contributed by atoms with E-state index in [0.717, 1.165) is 24.1 Å². The van der Waals surface area contributed by atoms with Gasteiger partial charge >= 0.3 is 0 Å². The van der Waals surface area contributed by atoms with Crippen LogP contribution in [0.2, 0.25) is 0 Å². The van der Waals surface area contributed by atoms with E-state index < -0.39 is 0 Å². The number of nitrogens with two attached hydrogens (primary N) is 1. The van der Waals surface area contributed by atoms with Gasteiger partial charge in [0.1, 0.15) is 5.82 Å². The Morgan fingerprint density at radius 1 is 1.47 bits per heavy atom. The fourth-order valence-corrected chi connectivity index (χ4v) is 3.43. The molecule has 0 amide bonds. The first-order valence-corrected chi connectivity index (χ1v) is 6.48. The van der Waals surface area contributed by atoms with Gasteiger partial charge in [-0.2, -0.15) is 0 Å². The molecule has 1 heterocycles. The van der Waals surface area contributed by atoms with Gasteiger partial charge in [0.05, 0.1) is 5.69 Å². The van der Waals surface area contributed by atoms with Crippen LogP contribution in [-0.4, -0.2) is 4.98 Å². The quantitative estimate of drug-likeness (QED) is 0.841. The molecule has 0 saturated heterocycles. The highest BCUT2D eigenvalue weighted by atomic mass is 32.1. The van der Waals surface area contributed by atoms with Crippen LogP contribution in [0.5, 0.6) is 0 Å². The van der Waals surface area contributed by atoms with Crippen molar-refractivity contribution in [2.75, 3.05) is 5.73 Å². The van der Waals surface area contributed by atoms with Gasteiger partial charge in [-0.1, -0.05) is 12.1 Å². The standard InChI is InChI=1S/C13H13FN2S/c1-7-2-3-8(6-10(7)14)9-4-5-11-12(9)17-13(15)16-11/h2-3,6,9H,4-5H2,1H3,(H2,15,16). The number of thiazole rings is 1. The minimum Gasteiger partial charge on any atom is -0.375 e. The van der Waals surface area contributed by atoms with E-state index >= 15 is 0 Å². The third-order valence-corrected chi connectivity index (χ3v) is 4.37. The third-order valence-electron chi connectivity index (χ3n) is 3.33. The maximum absolute atomic E-state index is 13.6. The lowest BCUT2D eigenvalue weighted by molar-refractivity contribution is 0.613. The van der Waals surface area contributed by atoms with E-state index in [2.05, 4.69) is 4.98 Å². The number of benzene rings is 1. The number of halogens is 1. The van der Waals surface area contributed by atoms with Crippen molar-refractivity contribution in [1.29, 1.82) is 0 Å². The van der Waals surface area contributed by atoms with Crippen molar-refractivity contribution >= 4 is 16.5 Å². The summed E-state index contributed by atoms with van der Waals surface area (Å²) in [5.41, 5.74) is 8.54. The second kappa shape index (κ2) is 3.81. The SMILES string of the molecule is Cc1ccc(C2CCc3nc(N)sc32)cc1F. The molecule has 1 aromatic heterocycles. The molecule has 17 heavy (non-hydrogen) atoms. The Balaban J connectivity index is 2.03. The zero-order chi connectivity index (χ0) is 12.0. The predicted molar refractivity (Wildman–Crippen MR) is 67.8 cm³/mol. The van der Waals surface area contributed by atoms with Gasteiger partial charge < -0.3 is 5.73 Å². The van der Waals surface area contributed by atoms with E-state index in [9.17, 15) is 4.39 Å². The Bertz CT molecular complexity index is 577. The van der Waals surface area contributed by atoms with Gasteiger partial charge in [0.25, 0.3) is 0 Å². The highest BCUT2D eigenvalue weighted by molar-refractivity contribution is 7.15. The molecule has 1 atom stereocenters. The summed E-state index contributed by atoms with van der Waals surface area (Å²) >= 11 is 1.53. The van der Waals surface area contributed by atoms with Crippen molar-refractivity contribution in [1.82, 2.24) is 4.98 Å². The summed E-state index contributed by atoms with van der Waals surface area (Å²) < 4.78 is 13.6. The molecule has 0 spiro atoms. The van der Waals surface area contributed by atoms with Crippen LogP contribution in [-0.2, 0) is 6.42 Å². The summed E-state index contributed by atoms with van der Waals surface area (Å²) in [5, 5.41) is 0.618. The van der Waals surface area contributed by atoms with Gasteiger partial charge in [0, 0.05) is 10.8 Å². The van der Waals surface area contributed by atoms with E-state index in [1.165, 1.54) is 16.2 Å². The minimum absolute atomic E-state index is 0.131. The van der Waals surface area contributed by atoms with Crippen molar-refractivity contribution in [3.05, 3.63) is 45.7 Å². The summed E-state index contributed by atoms with van der Waals surface area (Å²) in [7, 11) is 0. The molecule has 2 nitrogen and oxygen atoms in total. The van der Waals surface area contributed by atoms with Crippen molar-refractivity contribution < 1.29 is 4.39 Å². The lowest BCUT2D eigenvalue weighted by atomic mass is 9.97. The second-order valence-corrected chi connectivity index (χ2v) is 5.53. The fourth-order valence-electron chi connectivity index (χ4n) is 2.39. The molecule has 1 aromatic carbocycles. The fraction of sp³-hybridized carbons (Fsp3) is 0.308. The van der Waals surface area contributed by atoms with E-state index in [1.807, 2.05) is 12.1 Å². The number of hydrogen-bond donors (Lipinski definition) is 1. The van der Waals surface area contributed by atoms with Crippen LogP contribution in [0.3, 0.4) is 0 Å². The molecule has 0 aliphatic heterocycles. The number of aryl methyl sites for hydroxylation is 2. The predicted octanol–water partition coefficient (Wildman–Crippen LogP) is 3.25. The van der Waals surface area contributed by atoms with Crippen LogP contribution in [0.1, 0.15) is 34.0 Å². The maximum atomic E-state index is 13.6. The minimum atomic E-state index is -0.131. The van der Waals surface area contributed by atoms with Crippen LogP contribution in [0.4, 0.5) is 9.52 Å². The largest absolute Gasteiger partial charge is 0.375 e. The summed E-state index contributed by atoms with van der Waals surface area (Å²) in [5.74, 6) is 0.142. The summed E-state index contributed by atoms with van der Waals surface area (Å²) in [6.45, 7) is 1.78. The zero-order valence-electron chi connectivity index (χ0n) is 9.53. The first-order chi connectivity index (χ1) is 8.15. The molecule has 0 bridgehead atoms. The normalized spacial score (nSPS) is 18.4. The molecule has 4 heteroatoms. The molecule has 1 unspecified atom stereocenters. The van der Waals surface area contributed by atoms with Crippen LogP contribution in [0.25, 0.3) is 0 Å². The summed E-state index contributed by atoms with van der Waals surface area (Å²) in [4.78, 5) is 5.52. The Morgan fingerprint density at radius 2 is 2.29 bits per heavy atom. The molecule has 88 valence electrons. The first kappa shape index (κ1) is 10.7. The lowest BCUT2D eigenvalue weighted by Gasteiger charge is -2.10. The topological polar surface area (TPSA) is 38.9 Å². The highest BCUT2D eigenvalue weighted by Crippen LogP contribution is 2.42. The Kier molecular flexibility index (Phi) is 2.40. The summed E-state index contributed by atoms with van der Waals surface area (Å²) in [6.07, 6.45) is 1.96. The molecule has 0 saturated carbocycles. The van der Waals surface area contributed by atoms with Gasteiger partial charge in [0.2, 0.25) is 0 Å². The number of anilines is 1. The van der Waals surface area contributed by atoms with E-state index in [4.69, 9.17) is 5.73 Å². The van der Waals surface area contributed by atoms with Crippen LogP contribution in [0, 0.1) is 12.7 Å². The van der Waals surface area contributed by atoms with E-state index in [0.29, 0.717) is 10.7 Å². The Hall–Kier alpha value is -1.42. The molecular weight excluding hydrogens is 235 g/mol. The molecular formula is C13H13FN2S. The molecule has 0 radical (unpaired) electrons. The van der Waals surface area contributed by atoms with Crippen molar-refractivity contribution in [3.63, 3.8) is 0 Å². The van der Waals surface area contributed by atoms with Gasteiger partial charge in [-0.05, 0) is 37.0 Å². The molecule has 3 rings (SSSR count). The molecule has 1 aliphatic rings. The smallest absolute Gasteiger partial charge is 0.180 e. The third kappa shape index (κ3) is 1.72. The molecule has 2 aromatic rings. The average Bonchev–Trinajstić information content (AvgIpc) is 2.81. The second-order valence-electron chi connectivity index (χ2n) is 4.46. The summed E-state index contributed by atoms with van der Waals surface area (Å²) in [6, 6.07) is 5.49. The van der Waals surface area contributed by atoms with Crippen LogP contribution >= 0.6 is 11.3 Å². The highest BCUT2D eigenvalue weighted by Gasteiger charge is 2.28. The van der Waals surface area contributed by atoms with Crippen LogP contribution < -0.4 is 5.73 Å². The number of nitrogens with zero attached hydrogens (tertiary/aromatic N) is 1. The zero-order valence-corrected chi connectivity index (χ0v) is 10.4. The van der Waals surface area contributed by atoms with Gasteiger partial charge in [0.15, 0.2) is 5.13 Å². The number of rotatable bonds is 1. The number of aromatic nitrogens is 1. The maximum Gasteiger partial charge on any atom is 0.180 e. The number of nitrogen functional groups attached to an aromatic ring is 1. The van der Waals surface area contributed by atoms with Gasteiger partial charge in [-0.3, -0.25) is 0 Å². The van der Waals surface area contributed by atoms with E-state index in [1.54, 1.807) is 13.0 Å². The monoisotopic (exact) mass is 248 g/mol. The molecule has 1 aliphatic carbocycles. The number of hydrogen-bond acceptors (Lipinski definition) is 3. The van der Waals surface area contributed by atoms with Gasteiger partial charge in [-0.15, -0.1) is 11.3 Å². The lowest BCUT2D eigenvalue weighted by Crippen LogP contribution is -1.96. The van der Waals surface area contributed by atoms with Crippen molar-refractivity contribution in [3.8, 4) is 0 Å². The van der Waals surface area contributed by atoms with Crippen molar-refractivity contribution in [2.24, 2.45) is 0 Å². The average molecular weight is 248 g/mol. The van der Waals surface area contributed by atoms with Crippen molar-refractivity contribution in [2.45, 2.75) is 25.7 Å². The van der Waals surface area contributed by atoms with E-state index in [-0.39, 0.29) is 11.7 Å². The Labute approximate surface area is 103 Å². The molecule has 2 N–H and O–H groups in total.